The number of nitrogens with one attached hydrogen (secondary N) is 2. The number of anilines is 2. The van der Waals surface area contributed by atoms with Crippen LogP contribution >= 0.6 is 0 Å². The van der Waals surface area contributed by atoms with Crippen LogP contribution in [0.15, 0.2) is 18.2 Å². The van der Waals surface area contributed by atoms with E-state index in [0.29, 0.717) is 23.8 Å². The molecule has 96 valence electrons. The third-order valence-corrected chi connectivity index (χ3v) is 2.22. The Morgan fingerprint density at radius 2 is 2.28 bits per heavy atom. The molecule has 1 aromatic carbocycles. The summed E-state index contributed by atoms with van der Waals surface area (Å²) >= 11 is 0. The van der Waals surface area contributed by atoms with Crippen LogP contribution in [0.2, 0.25) is 0 Å². The third-order valence-electron chi connectivity index (χ3n) is 2.22. The van der Waals surface area contributed by atoms with Crippen LogP contribution < -0.4 is 15.8 Å². The number of nitrogen functional groups attached to an aromatic ring is 1. The first kappa shape index (κ1) is 12.2. The van der Waals surface area contributed by atoms with Gasteiger partial charge >= 0.3 is 0 Å². The molecule has 2 aromatic rings. The molecular weight excluding hydrogens is 232 g/mol. The van der Waals surface area contributed by atoms with E-state index in [2.05, 4.69) is 25.9 Å². The molecule has 0 saturated heterocycles. The Hall–Kier alpha value is -2.31. The van der Waals surface area contributed by atoms with Crippen molar-refractivity contribution in [3.05, 3.63) is 24.0 Å². The number of hydrogen-bond acceptors (Lipinski definition) is 6. The highest BCUT2D eigenvalue weighted by Crippen LogP contribution is 2.26. The molecule has 1 aromatic heterocycles. The van der Waals surface area contributed by atoms with Gasteiger partial charge in [-0.1, -0.05) is 5.21 Å². The fraction of sp³-hybridized carbons (Fsp3) is 0.364. The number of ether oxygens (including phenoxy) is 1. The van der Waals surface area contributed by atoms with E-state index in [4.69, 9.17) is 10.5 Å². The van der Waals surface area contributed by atoms with E-state index in [1.807, 2.05) is 26.0 Å². The Kier molecular flexibility index (Phi) is 3.61. The quantitative estimate of drug-likeness (QED) is 0.687. The molecule has 0 radical (unpaired) electrons. The molecule has 0 amide bonds. The molecule has 7 nitrogen and oxygen atoms in total. The monoisotopic (exact) mass is 248 g/mol. The zero-order valence-corrected chi connectivity index (χ0v) is 10.3. The van der Waals surface area contributed by atoms with E-state index in [1.54, 1.807) is 6.07 Å². The molecule has 0 aliphatic rings. The highest BCUT2D eigenvalue weighted by Gasteiger charge is 2.05. The van der Waals surface area contributed by atoms with Gasteiger partial charge in [0.15, 0.2) is 5.82 Å². The molecule has 2 rings (SSSR count). The fourth-order valence-electron chi connectivity index (χ4n) is 1.44. The summed E-state index contributed by atoms with van der Waals surface area (Å²) < 4.78 is 5.61. The maximum absolute atomic E-state index is 5.84. The standard InChI is InChI=1S/C11H16N6O/c1-7(2)18-10-5-8(3-4-9(10)12)13-6-11-14-16-17-15-11/h3-5,7,13H,6,12H2,1-2H3,(H,14,15,16,17). The molecule has 0 unspecified atom stereocenters. The number of benzene rings is 1. The number of aromatic nitrogens is 4. The number of nitrogens with zero attached hydrogens (tertiary/aromatic N) is 3. The van der Waals surface area contributed by atoms with Crippen molar-refractivity contribution in [1.82, 2.24) is 20.6 Å². The van der Waals surface area contributed by atoms with Crippen LogP contribution in [0.5, 0.6) is 5.75 Å². The first-order chi connectivity index (χ1) is 8.65. The number of aromatic amines is 1. The second-order valence-corrected chi connectivity index (χ2v) is 4.10. The van der Waals surface area contributed by atoms with Crippen molar-refractivity contribution in [1.29, 1.82) is 0 Å². The van der Waals surface area contributed by atoms with Crippen LogP contribution in [-0.2, 0) is 6.54 Å². The summed E-state index contributed by atoms with van der Waals surface area (Å²) in [6, 6.07) is 5.54. The zero-order valence-electron chi connectivity index (χ0n) is 10.3. The van der Waals surface area contributed by atoms with Crippen molar-refractivity contribution in [2.75, 3.05) is 11.1 Å². The minimum Gasteiger partial charge on any atom is -0.489 e. The van der Waals surface area contributed by atoms with Crippen LogP contribution in [0, 0.1) is 0 Å². The van der Waals surface area contributed by atoms with Gasteiger partial charge in [-0.2, -0.15) is 5.21 Å². The highest BCUT2D eigenvalue weighted by molar-refractivity contribution is 5.61. The fourth-order valence-corrected chi connectivity index (χ4v) is 1.44. The smallest absolute Gasteiger partial charge is 0.193 e. The molecule has 18 heavy (non-hydrogen) atoms. The van der Waals surface area contributed by atoms with Gasteiger partial charge in [-0.3, -0.25) is 0 Å². The first-order valence-corrected chi connectivity index (χ1v) is 5.67. The van der Waals surface area contributed by atoms with E-state index in [0.717, 1.165) is 5.69 Å². The number of nitrogens with two attached hydrogens (primary N) is 1. The van der Waals surface area contributed by atoms with E-state index in [-0.39, 0.29) is 6.10 Å². The van der Waals surface area contributed by atoms with Gasteiger partial charge in [0, 0.05) is 11.8 Å². The molecule has 1 heterocycles. The summed E-state index contributed by atoms with van der Waals surface area (Å²) in [6.45, 7) is 4.40. The zero-order chi connectivity index (χ0) is 13.0. The molecule has 0 fully saturated rings. The minimum atomic E-state index is 0.0831. The number of hydrogen-bond donors (Lipinski definition) is 3. The lowest BCUT2D eigenvalue weighted by Crippen LogP contribution is -2.08. The predicted octanol–water partition coefficient (Wildman–Crippen LogP) is 1.18. The molecule has 0 saturated carbocycles. The SMILES string of the molecule is CC(C)Oc1cc(NCc2nn[nH]n2)ccc1N. The topological polar surface area (TPSA) is 102 Å². The van der Waals surface area contributed by atoms with Crippen molar-refractivity contribution < 1.29 is 4.74 Å². The van der Waals surface area contributed by atoms with Gasteiger partial charge in [-0.25, -0.2) is 0 Å². The number of tetrazole rings is 1. The van der Waals surface area contributed by atoms with E-state index in [9.17, 15) is 0 Å². The van der Waals surface area contributed by atoms with E-state index >= 15 is 0 Å². The average Bonchev–Trinajstić information content (AvgIpc) is 2.82. The molecule has 0 spiro atoms. The van der Waals surface area contributed by atoms with Gasteiger partial charge in [0.2, 0.25) is 0 Å². The Morgan fingerprint density at radius 1 is 1.44 bits per heavy atom. The highest BCUT2D eigenvalue weighted by atomic mass is 16.5. The van der Waals surface area contributed by atoms with Crippen LogP contribution in [0.1, 0.15) is 19.7 Å². The second kappa shape index (κ2) is 5.35. The minimum absolute atomic E-state index is 0.0831. The Bertz CT molecular complexity index is 496. The average molecular weight is 248 g/mol. The van der Waals surface area contributed by atoms with Crippen LogP contribution in [0.25, 0.3) is 0 Å². The molecule has 7 heteroatoms. The normalized spacial score (nSPS) is 10.6. The summed E-state index contributed by atoms with van der Waals surface area (Å²) in [6.07, 6.45) is 0.0831. The largest absolute Gasteiger partial charge is 0.489 e. The summed E-state index contributed by atoms with van der Waals surface area (Å²) in [5.74, 6) is 1.27. The van der Waals surface area contributed by atoms with E-state index < -0.39 is 0 Å². The first-order valence-electron chi connectivity index (χ1n) is 5.67. The Labute approximate surface area is 105 Å². The van der Waals surface area contributed by atoms with Crippen molar-refractivity contribution in [3.63, 3.8) is 0 Å². The third kappa shape index (κ3) is 3.09. The second-order valence-electron chi connectivity index (χ2n) is 4.10. The maximum Gasteiger partial charge on any atom is 0.193 e. The summed E-state index contributed by atoms with van der Waals surface area (Å²) in [5.41, 5.74) is 7.35. The van der Waals surface area contributed by atoms with Gasteiger partial charge in [0.05, 0.1) is 18.3 Å². The van der Waals surface area contributed by atoms with Crippen molar-refractivity contribution in [2.45, 2.75) is 26.5 Å². The lowest BCUT2D eigenvalue weighted by atomic mass is 10.2. The molecule has 0 aliphatic heterocycles. The van der Waals surface area contributed by atoms with Crippen LogP contribution in [0.3, 0.4) is 0 Å². The summed E-state index contributed by atoms with van der Waals surface area (Å²) in [5, 5.41) is 16.8. The van der Waals surface area contributed by atoms with Crippen molar-refractivity contribution >= 4 is 11.4 Å². The molecular formula is C11H16N6O. The lowest BCUT2D eigenvalue weighted by Gasteiger charge is -2.13. The summed E-state index contributed by atoms with van der Waals surface area (Å²) in [4.78, 5) is 0. The predicted molar refractivity (Wildman–Crippen MR) is 68.1 cm³/mol. The Morgan fingerprint density at radius 3 is 2.94 bits per heavy atom. The maximum atomic E-state index is 5.84. The van der Waals surface area contributed by atoms with Gasteiger partial charge in [0.25, 0.3) is 0 Å². The van der Waals surface area contributed by atoms with Gasteiger partial charge in [-0.05, 0) is 26.0 Å². The molecule has 0 bridgehead atoms. The van der Waals surface area contributed by atoms with Gasteiger partial charge < -0.3 is 15.8 Å². The number of H-pyrrole nitrogens is 1. The molecule has 0 atom stereocenters. The van der Waals surface area contributed by atoms with E-state index in [1.165, 1.54) is 0 Å². The number of rotatable bonds is 5. The van der Waals surface area contributed by atoms with Gasteiger partial charge in [-0.15, -0.1) is 10.2 Å². The van der Waals surface area contributed by atoms with Gasteiger partial charge in [0.1, 0.15) is 5.75 Å². The van der Waals surface area contributed by atoms with Crippen LogP contribution in [-0.4, -0.2) is 26.7 Å². The van der Waals surface area contributed by atoms with Crippen molar-refractivity contribution in [2.24, 2.45) is 0 Å². The van der Waals surface area contributed by atoms with Crippen LogP contribution in [0.4, 0.5) is 11.4 Å². The lowest BCUT2D eigenvalue weighted by molar-refractivity contribution is 0.244. The summed E-state index contributed by atoms with van der Waals surface area (Å²) in [7, 11) is 0. The molecule has 0 aliphatic carbocycles. The Balaban J connectivity index is 2.04. The van der Waals surface area contributed by atoms with Crippen molar-refractivity contribution in [3.8, 4) is 5.75 Å². The molecule has 4 N–H and O–H groups in total.